The highest BCUT2D eigenvalue weighted by Gasteiger charge is 2.28. The Morgan fingerprint density at radius 1 is 1.22 bits per heavy atom. The Balaban J connectivity index is 1.52. The molecule has 0 radical (unpaired) electrons. The zero-order chi connectivity index (χ0) is 19.2. The number of carbonyl (C=O) groups excluding carboxylic acids is 2. The van der Waals surface area contributed by atoms with Gasteiger partial charge in [0.2, 0.25) is 11.8 Å². The third-order valence-electron chi connectivity index (χ3n) is 4.90. The van der Waals surface area contributed by atoms with Gasteiger partial charge < -0.3 is 19.9 Å². The number of aromatic nitrogens is 3. The Morgan fingerprint density at radius 3 is 2.70 bits per heavy atom. The van der Waals surface area contributed by atoms with Crippen LogP contribution in [-0.4, -0.2) is 49.7 Å². The molecule has 2 amide bonds. The molecule has 0 aliphatic carbocycles. The lowest BCUT2D eigenvalue weighted by molar-refractivity contribution is -0.134. The van der Waals surface area contributed by atoms with Crippen LogP contribution in [-0.2, 0) is 23.2 Å². The van der Waals surface area contributed by atoms with E-state index in [-0.39, 0.29) is 37.2 Å². The van der Waals surface area contributed by atoms with Gasteiger partial charge in [-0.15, -0.1) is 10.2 Å². The van der Waals surface area contributed by atoms with E-state index < -0.39 is 0 Å². The number of amides is 2. The van der Waals surface area contributed by atoms with Crippen molar-refractivity contribution < 1.29 is 14.7 Å². The van der Waals surface area contributed by atoms with Gasteiger partial charge in [0.05, 0.1) is 0 Å². The van der Waals surface area contributed by atoms with Crippen LogP contribution in [0.3, 0.4) is 0 Å². The second-order valence-corrected chi connectivity index (χ2v) is 6.78. The third kappa shape index (κ3) is 4.71. The van der Waals surface area contributed by atoms with Crippen molar-refractivity contribution in [1.82, 2.24) is 19.7 Å². The number of nitrogens with one attached hydrogen (secondary N) is 1. The maximum absolute atomic E-state index is 12.5. The van der Waals surface area contributed by atoms with Crippen LogP contribution in [0.5, 0.6) is 0 Å². The molecule has 2 N–H and O–H groups in total. The number of benzene rings is 1. The summed E-state index contributed by atoms with van der Waals surface area (Å²) in [6.07, 6.45) is 2.16. The summed E-state index contributed by atoms with van der Waals surface area (Å²) in [6, 6.07) is 9.21. The maximum Gasteiger partial charge on any atom is 0.224 e. The van der Waals surface area contributed by atoms with Crippen molar-refractivity contribution in [2.45, 2.75) is 38.2 Å². The predicted molar refractivity (Wildman–Crippen MR) is 99.8 cm³/mol. The van der Waals surface area contributed by atoms with Crippen LogP contribution in [0.1, 0.15) is 43.3 Å². The number of hydrogen-bond acceptors (Lipinski definition) is 5. The standard InChI is InChI=1S/C19H25N5O3/c1-23-16(13-25)21-22-19(23)14-6-5-11-24(12-14)18(27)10-9-17(26)20-15-7-3-2-4-8-15/h2-4,7-8,14,25H,5-6,9-13H2,1H3,(H,20,26). The van der Waals surface area contributed by atoms with Gasteiger partial charge in [-0.3, -0.25) is 9.59 Å². The molecule has 2 heterocycles. The fourth-order valence-electron chi connectivity index (χ4n) is 3.41. The van der Waals surface area contributed by atoms with Crippen LogP contribution in [0, 0.1) is 0 Å². The summed E-state index contributed by atoms with van der Waals surface area (Å²) in [5.74, 6) is 1.22. The van der Waals surface area contributed by atoms with Crippen molar-refractivity contribution in [1.29, 1.82) is 0 Å². The van der Waals surface area contributed by atoms with Crippen LogP contribution in [0.25, 0.3) is 0 Å². The quantitative estimate of drug-likeness (QED) is 0.800. The summed E-state index contributed by atoms with van der Waals surface area (Å²) < 4.78 is 1.80. The molecular formula is C19H25N5O3. The molecule has 144 valence electrons. The molecule has 1 atom stereocenters. The largest absolute Gasteiger partial charge is 0.388 e. The monoisotopic (exact) mass is 371 g/mol. The number of aliphatic hydroxyl groups is 1. The molecule has 1 fully saturated rings. The molecule has 1 aromatic heterocycles. The molecule has 8 heteroatoms. The van der Waals surface area contributed by atoms with Gasteiger partial charge >= 0.3 is 0 Å². The minimum absolute atomic E-state index is 0.0209. The zero-order valence-electron chi connectivity index (χ0n) is 15.5. The molecular weight excluding hydrogens is 346 g/mol. The highest BCUT2D eigenvalue weighted by molar-refractivity contribution is 5.93. The van der Waals surface area contributed by atoms with E-state index in [1.165, 1.54) is 0 Å². The van der Waals surface area contributed by atoms with Gasteiger partial charge in [0.15, 0.2) is 5.82 Å². The van der Waals surface area contributed by atoms with Gasteiger partial charge in [-0.05, 0) is 25.0 Å². The summed E-state index contributed by atoms with van der Waals surface area (Å²) >= 11 is 0. The molecule has 1 aliphatic heterocycles. The number of nitrogens with zero attached hydrogens (tertiary/aromatic N) is 4. The van der Waals surface area contributed by atoms with Gasteiger partial charge in [0, 0.05) is 44.6 Å². The Bertz CT molecular complexity index is 790. The van der Waals surface area contributed by atoms with E-state index in [1.807, 2.05) is 37.4 Å². The van der Waals surface area contributed by atoms with Crippen molar-refractivity contribution in [3.05, 3.63) is 42.0 Å². The molecule has 1 unspecified atom stereocenters. The molecule has 1 aliphatic rings. The van der Waals surface area contributed by atoms with Crippen molar-refractivity contribution in [2.24, 2.45) is 7.05 Å². The average molecular weight is 371 g/mol. The fraction of sp³-hybridized carbons (Fsp3) is 0.474. The first kappa shape index (κ1) is 19.0. The van der Waals surface area contributed by atoms with Gasteiger partial charge in [-0.25, -0.2) is 0 Å². The number of rotatable bonds is 6. The third-order valence-corrected chi connectivity index (χ3v) is 4.90. The summed E-state index contributed by atoms with van der Waals surface area (Å²) in [6.45, 7) is 1.10. The first-order valence-corrected chi connectivity index (χ1v) is 9.20. The van der Waals surface area contributed by atoms with Crippen molar-refractivity contribution in [3.63, 3.8) is 0 Å². The molecule has 2 aromatic rings. The summed E-state index contributed by atoms with van der Waals surface area (Å²) in [7, 11) is 1.83. The number of piperidine rings is 1. The predicted octanol–water partition coefficient (Wildman–Crippen LogP) is 1.43. The topological polar surface area (TPSA) is 100 Å². The van der Waals surface area contributed by atoms with E-state index in [2.05, 4.69) is 15.5 Å². The molecule has 1 aromatic carbocycles. The van der Waals surface area contributed by atoms with E-state index in [1.54, 1.807) is 9.47 Å². The molecule has 27 heavy (non-hydrogen) atoms. The van der Waals surface area contributed by atoms with E-state index in [0.29, 0.717) is 18.9 Å². The lowest BCUT2D eigenvalue weighted by Gasteiger charge is -2.32. The van der Waals surface area contributed by atoms with Crippen molar-refractivity contribution >= 4 is 17.5 Å². The normalized spacial score (nSPS) is 17.0. The minimum Gasteiger partial charge on any atom is -0.388 e. The van der Waals surface area contributed by atoms with Crippen molar-refractivity contribution in [2.75, 3.05) is 18.4 Å². The molecule has 0 spiro atoms. The molecule has 1 saturated heterocycles. The van der Waals surface area contributed by atoms with Gasteiger partial charge in [0.25, 0.3) is 0 Å². The number of aliphatic hydroxyl groups excluding tert-OH is 1. The first-order valence-electron chi connectivity index (χ1n) is 9.20. The number of carbonyl (C=O) groups is 2. The van der Waals surface area contributed by atoms with Gasteiger partial charge in [-0.1, -0.05) is 18.2 Å². The Labute approximate surface area is 158 Å². The average Bonchev–Trinajstić information content (AvgIpc) is 3.07. The van der Waals surface area contributed by atoms with Crippen LogP contribution in [0.2, 0.25) is 0 Å². The molecule has 0 saturated carbocycles. The van der Waals surface area contributed by atoms with Gasteiger partial charge in [-0.2, -0.15) is 0 Å². The second kappa shape index (κ2) is 8.77. The highest BCUT2D eigenvalue weighted by atomic mass is 16.3. The van der Waals surface area contributed by atoms with Crippen molar-refractivity contribution in [3.8, 4) is 0 Å². The van der Waals surface area contributed by atoms with Crippen LogP contribution in [0.4, 0.5) is 5.69 Å². The molecule has 0 bridgehead atoms. The SMILES string of the molecule is Cn1c(CO)nnc1C1CCCN(C(=O)CCC(=O)Nc2ccccc2)C1. The summed E-state index contributed by atoms with van der Waals surface area (Å²) in [5, 5.41) is 20.2. The Morgan fingerprint density at radius 2 is 2.00 bits per heavy atom. The van der Waals surface area contributed by atoms with Crippen LogP contribution >= 0.6 is 0 Å². The Kier molecular flexibility index (Phi) is 6.18. The van der Waals surface area contributed by atoms with Gasteiger partial charge in [0.1, 0.15) is 12.4 Å². The lowest BCUT2D eigenvalue weighted by Crippen LogP contribution is -2.40. The minimum atomic E-state index is -0.163. The second-order valence-electron chi connectivity index (χ2n) is 6.78. The summed E-state index contributed by atoms with van der Waals surface area (Å²) in [5.41, 5.74) is 0.731. The number of hydrogen-bond donors (Lipinski definition) is 2. The number of likely N-dealkylation sites (tertiary alicyclic amines) is 1. The first-order chi connectivity index (χ1) is 13.1. The van der Waals surface area contributed by atoms with Crippen LogP contribution in [0.15, 0.2) is 30.3 Å². The number of para-hydroxylation sites is 1. The zero-order valence-corrected chi connectivity index (χ0v) is 15.5. The van der Waals surface area contributed by atoms with E-state index in [0.717, 1.165) is 24.4 Å². The molecule has 3 rings (SSSR count). The van der Waals surface area contributed by atoms with E-state index in [4.69, 9.17) is 0 Å². The smallest absolute Gasteiger partial charge is 0.224 e. The maximum atomic E-state index is 12.5. The van der Waals surface area contributed by atoms with E-state index in [9.17, 15) is 14.7 Å². The molecule has 8 nitrogen and oxygen atoms in total. The van der Waals surface area contributed by atoms with Crippen LogP contribution < -0.4 is 5.32 Å². The highest BCUT2D eigenvalue weighted by Crippen LogP contribution is 2.26. The fourth-order valence-corrected chi connectivity index (χ4v) is 3.41. The summed E-state index contributed by atoms with van der Waals surface area (Å²) in [4.78, 5) is 26.4. The van der Waals surface area contributed by atoms with E-state index >= 15 is 0 Å². The number of anilines is 1. The lowest BCUT2D eigenvalue weighted by atomic mass is 9.96. The Hall–Kier alpha value is -2.74.